The van der Waals surface area contributed by atoms with Gasteiger partial charge in [-0.1, -0.05) is 36.4 Å². The van der Waals surface area contributed by atoms with Crippen molar-refractivity contribution in [3.8, 4) is 5.88 Å². The summed E-state index contributed by atoms with van der Waals surface area (Å²) in [4.78, 5) is 35.4. The summed E-state index contributed by atoms with van der Waals surface area (Å²) in [6.07, 6.45) is 3.13. The summed E-state index contributed by atoms with van der Waals surface area (Å²) in [6.45, 7) is 0.838. The molecule has 0 aliphatic carbocycles. The Morgan fingerprint density at radius 1 is 1.20 bits per heavy atom. The largest absolute Gasteiger partial charge is 0.481 e. The van der Waals surface area contributed by atoms with Crippen LogP contribution in [0.15, 0.2) is 60.9 Å². The van der Waals surface area contributed by atoms with Gasteiger partial charge in [0.25, 0.3) is 5.91 Å². The normalized spacial score (nSPS) is 12.7. The molecule has 0 radical (unpaired) electrons. The number of fused-ring (bicyclic) bond motifs is 1. The molecule has 30 heavy (non-hydrogen) atoms. The van der Waals surface area contributed by atoms with Gasteiger partial charge in [0.15, 0.2) is 5.82 Å². The van der Waals surface area contributed by atoms with E-state index in [2.05, 4.69) is 20.6 Å². The molecule has 0 unspecified atom stereocenters. The van der Waals surface area contributed by atoms with Gasteiger partial charge in [-0.25, -0.2) is 9.97 Å². The zero-order chi connectivity index (χ0) is 20.9. The van der Waals surface area contributed by atoms with Crippen LogP contribution in [0.1, 0.15) is 21.5 Å². The van der Waals surface area contributed by atoms with Crippen LogP contribution >= 0.6 is 0 Å². The van der Waals surface area contributed by atoms with Crippen LogP contribution in [0.2, 0.25) is 0 Å². The van der Waals surface area contributed by atoms with Crippen LogP contribution in [0.4, 0.5) is 11.5 Å². The second-order valence-electron chi connectivity index (χ2n) is 6.77. The van der Waals surface area contributed by atoms with E-state index in [9.17, 15) is 9.59 Å². The summed E-state index contributed by atoms with van der Waals surface area (Å²) in [5, 5.41) is 5.86. The number of hydrogen-bond acceptors (Lipinski definition) is 6. The van der Waals surface area contributed by atoms with Crippen LogP contribution < -0.4 is 20.3 Å². The Hall–Kier alpha value is -3.94. The Bertz CT molecular complexity index is 1070. The van der Waals surface area contributed by atoms with Gasteiger partial charge in [0.05, 0.1) is 31.5 Å². The molecule has 2 aromatic heterocycles. The molecule has 8 heteroatoms. The van der Waals surface area contributed by atoms with E-state index in [1.807, 2.05) is 36.4 Å². The van der Waals surface area contributed by atoms with Crippen molar-refractivity contribution in [3.63, 3.8) is 0 Å². The second kappa shape index (κ2) is 8.60. The predicted octanol–water partition coefficient (Wildman–Crippen LogP) is 2.37. The van der Waals surface area contributed by atoms with Crippen LogP contribution in [-0.2, 0) is 17.9 Å². The molecule has 4 rings (SSSR count). The van der Waals surface area contributed by atoms with Crippen LogP contribution in [0.3, 0.4) is 0 Å². The number of ether oxygens (including phenoxy) is 1. The summed E-state index contributed by atoms with van der Waals surface area (Å²) in [5.74, 6) is 0.668. The molecule has 1 aliphatic heterocycles. The van der Waals surface area contributed by atoms with Gasteiger partial charge in [-0.05, 0) is 17.7 Å². The maximum atomic E-state index is 12.7. The fourth-order valence-corrected chi connectivity index (χ4v) is 3.27. The zero-order valence-electron chi connectivity index (χ0n) is 16.5. The van der Waals surface area contributed by atoms with Crippen molar-refractivity contribution in [1.29, 1.82) is 0 Å². The quantitative estimate of drug-likeness (QED) is 0.656. The third-order valence-corrected chi connectivity index (χ3v) is 4.79. The standard InChI is InChI=1S/C22H21N5O3/c1-30-22-16(8-5-9-23-22)11-26-21(29)17-10-18-20(24-12-17)25-13-19(28)27(18)14-15-6-3-2-4-7-15/h2-10,12H,11,13-14H2,1H3,(H,24,25)(H,26,29). The molecule has 2 N–H and O–H groups in total. The molecule has 8 nitrogen and oxygen atoms in total. The van der Waals surface area contributed by atoms with Gasteiger partial charge in [0.1, 0.15) is 0 Å². The number of amides is 2. The highest BCUT2D eigenvalue weighted by molar-refractivity contribution is 6.04. The molecule has 0 saturated carbocycles. The number of methoxy groups -OCH3 is 1. The van der Waals surface area contributed by atoms with Crippen molar-refractivity contribution in [2.24, 2.45) is 0 Å². The Morgan fingerprint density at radius 3 is 2.83 bits per heavy atom. The van der Waals surface area contributed by atoms with E-state index in [4.69, 9.17) is 4.74 Å². The number of benzene rings is 1. The summed E-state index contributed by atoms with van der Waals surface area (Å²) in [5.41, 5.74) is 2.71. The van der Waals surface area contributed by atoms with Gasteiger partial charge in [0.2, 0.25) is 11.8 Å². The Labute approximate surface area is 173 Å². The molecule has 0 fully saturated rings. The number of nitrogens with zero attached hydrogens (tertiary/aromatic N) is 3. The molecule has 2 amide bonds. The van der Waals surface area contributed by atoms with E-state index in [-0.39, 0.29) is 24.9 Å². The lowest BCUT2D eigenvalue weighted by Gasteiger charge is -2.29. The molecular formula is C22H21N5O3. The number of hydrogen-bond donors (Lipinski definition) is 2. The predicted molar refractivity (Wildman–Crippen MR) is 112 cm³/mol. The highest BCUT2D eigenvalue weighted by Gasteiger charge is 2.26. The number of anilines is 2. The van der Waals surface area contributed by atoms with E-state index < -0.39 is 0 Å². The summed E-state index contributed by atoms with van der Waals surface area (Å²) in [7, 11) is 1.53. The molecule has 1 aromatic carbocycles. The number of carbonyl (C=O) groups excluding carboxylic acids is 2. The zero-order valence-corrected chi connectivity index (χ0v) is 16.5. The minimum absolute atomic E-state index is 0.0780. The first-order valence-electron chi connectivity index (χ1n) is 9.50. The molecule has 3 heterocycles. The van der Waals surface area contributed by atoms with Crippen molar-refractivity contribution in [2.75, 3.05) is 23.9 Å². The topological polar surface area (TPSA) is 96.4 Å². The third-order valence-electron chi connectivity index (χ3n) is 4.79. The molecule has 0 bridgehead atoms. The maximum absolute atomic E-state index is 12.7. The van der Waals surface area contributed by atoms with Crippen molar-refractivity contribution in [2.45, 2.75) is 13.1 Å². The van der Waals surface area contributed by atoms with Crippen LogP contribution in [-0.4, -0.2) is 35.4 Å². The first kappa shape index (κ1) is 19.4. The Morgan fingerprint density at radius 2 is 2.03 bits per heavy atom. The van der Waals surface area contributed by atoms with Crippen molar-refractivity contribution < 1.29 is 14.3 Å². The number of nitrogens with one attached hydrogen (secondary N) is 2. The van der Waals surface area contributed by atoms with Crippen LogP contribution in [0, 0.1) is 0 Å². The van der Waals surface area contributed by atoms with Gasteiger partial charge >= 0.3 is 0 Å². The van der Waals surface area contributed by atoms with Crippen LogP contribution in [0.25, 0.3) is 0 Å². The lowest BCUT2D eigenvalue weighted by Crippen LogP contribution is -2.40. The average molecular weight is 403 g/mol. The maximum Gasteiger partial charge on any atom is 0.253 e. The third kappa shape index (κ3) is 4.07. The Balaban J connectivity index is 1.54. The first-order valence-corrected chi connectivity index (χ1v) is 9.50. The average Bonchev–Trinajstić information content (AvgIpc) is 2.80. The summed E-state index contributed by atoms with van der Waals surface area (Å²) < 4.78 is 5.21. The smallest absolute Gasteiger partial charge is 0.253 e. The molecule has 0 spiro atoms. The van der Waals surface area contributed by atoms with E-state index in [0.29, 0.717) is 29.5 Å². The van der Waals surface area contributed by atoms with Crippen molar-refractivity contribution >= 4 is 23.3 Å². The highest BCUT2D eigenvalue weighted by atomic mass is 16.5. The van der Waals surface area contributed by atoms with Gasteiger partial charge in [-0.2, -0.15) is 0 Å². The lowest BCUT2D eigenvalue weighted by molar-refractivity contribution is -0.117. The molecule has 1 aliphatic rings. The number of aromatic nitrogens is 2. The molecule has 3 aromatic rings. The van der Waals surface area contributed by atoms with Gasteiger partial charge in [0, 0.05) is 24.5 Å². The molecular weight excluding hydrogens is 382 g/mol. The first-order chi connectivity index (χ1) is 14.7. The number of carbonyl (C=O) groups is 2. The van der Waals surface area contributed by atoms with Crippen molar-refractivity contribution in [1.82, 2.24) is 15.3 Å². The van der Waals surface area contributed by atoms with E-state index in [1.54, 1.807) is 23.2 Å². The number of rotatable bonds is 6. The minimum atomic E-state index is -0.297. The fraction of sp³-hybridized carbons (Fsp3) is 0.182. The molecule has 0 saturated heterocycles. The second-order valence-corrected chi connectivity index (χ2v) is 6.77. The SMILES string of the molecule is COc1ncccc1CNC(=O)c1cnc2c(c1)N(Cc1ccccc1)C(=O)CN2. The Kier molecular flexibility index (Phi) is 5.56. The summed E-state index contributed by atoms with van der Waals surface area (Å²) in [6, 6.07) is 15.0. The van der Waals surface area contributed by atoms with Gasteiger partial charge in [-0.15, -0.1) is 0 Å². The van der Waals surface area contributed by atoms with Crippen molar-refractivity contribution in [3.05, 3.63) is 77.6 Å². The lowest BCUT2D eigenvalue weighted by atomic mass is 10.1. The van der Waals surface area contributed by atoms with E-state index in [0.717, 1.165) is 11.1 Å². The highest BCUT2D eigenvalue weighted by Crippen LogP contribution is 2.29. The molecule has 152 valence electrons. The van der Waals surface area contributed by atoms with E-state index in [1.165, 1.54) is 13.3 Å². The number of pyridine rings is 2. The molecule has 0 atom stereocenters. The minimum Gasteiger partial charge on any atom is -0.481 e. The summed E-state index contributed by atoms with van der Waals surface area (Å²) >= 11 is 0. The van der Waals surface area contributed by atoms with Crippen LogP contribution in [0.5, 0.6) is 5.88 Å². The van der Waals surface area contributed by atoms with Gasteiger partial charge < -0.3 is 20.3 Å². The fourth-order valence-electron chi connectivity index (χ4n) is 3.27. The van der Waals surface area contributed by atoms with E-state index >= 15 is 0 Å². The monoisotopic (exact) mass is 403 g/mol. The van der Waals surface area contributed by atoms with Gasteiger partial charge in [-0.3, -0.25) is 9.59 Å².